The maximum absolute atomic E-state index is 9.14. The van der Waals surface area contributed by atoms with Crippen molar-refractivity contribution in [2.45, 2.75) is 26.8 Å². The monoisotopic (exact) mass is 658 g/mol. The molecule has 3 aromatic rings. The number of allylic oxidation sites excluding steroid dienone is 3. The van der Waals surface area contributed by atoms with Crippen molar-refractivity contribution >= 4 is 56.9 Å². The molecular weight excluding hydrogens is 609 g/mol. The van der Waals surface area contributed by atoms with Crippen LogP contribution in [0.4, 0.5) is 11.4 Å². The quantitative estimate of drug-likeness (QED) is 0.101. The maximum Gasteiger partial charge on any atom is 0.171 e. The van der Waals surface area contributed by atoms with Gasteiger partial charge in [-0.25, -0.2) is 9.14 Å². The van der Waals surface area contributed by atoms with E-state index in [9.17, 15) is 0 Å². The predicted molar refractivity (Wildman–Crippen MR) is 201 cm³/mol. The summed E-state index contributed by atoms with van der Waals surface area (Å²) in [5, 5.41) is 18.2. The predicted octanol–water partition coefficient (Wildman–Crippen LogP) is 6.29. The Balaban J connectivity index is 1.14. The van der Waals surface area contributed by atoms with E-state index in [0.717, 1.165) is 37.6 Å². The van der Waals surface area contributed by atoms with Crippen molar-refractivity contribution in [2.24, 2.45) is 0 Å². The van der Waals surface area contributed by atoms with Gasteiger partial charge in [-0.3, -0.25) is 0 Å². The highest BCUT2D eigenvalue weighted by Gasteiger charge is 2.12. The summed E-state index contributed by atoms with van der Waals surface area (Å²) in [6, 6.07) is 21.8. The van der Waals surface area contributed by atoms with Gasteiger partial charge < -0.3 is 20.0 Å². The highest BCUT2D eigenvalue weighted by molar-refractivity contribution is 8.76. The van der Waals surface area contributed by atoms with Crippen molar-refractivity contribution in [3.63, 3.8) is 0 Å². The number of aliphatic hydroxyl groups is 2. The Morgan fingerprint density at radius 1 is 0.739 bits per heavy atom. The average molecular weight is 659 g/mol. The molecule has 1 aromatic heterocycles. The fourth-order valence-electron chi connectivity index (χ4n) is 5.30. The Morgan fingerprint density at radius 3 is 1.74 bits per heavy atom. The minimum absolute atomic E-state index is 0.149. The van der Waals surface area contributed by atoms with Gasteiger partial charge in [0.2, 0.25) is 0 Å². The molecule has 1 aliphatic rings. The highest BCUT2D eigenvalue weighted by Crippen LogP contribution is 2.25. The number of nitrogens with zero attached hydrogens (tertiary/aromatic N) is 4. The molecule has 2 heterocycles. The Labute approximate surface area is 283 Å². The molecule has 0 unspecified atom stereocenters. The fraction of sp³-hybridized carbons (Fsp3) is 0.368. The normalized spacial score (nSPS) is 13.8. The van der Waals surface area contributed by atoms with Crippen molar-refractivity contribution in [1.29, 1.82) is 0 Å². The zero-order valence-electron chi connectivity index (χ0n) is 27.8. The van der Waals surface area contributed by atoms with Gasteiger partial charge in [-0.1, -0.05) is 58.0 Å². The van der Waals surface area contributed by atoms with Gasteiger partial charge in [-0.2, -0.15) is 0 Å². The van der Waals surface area contributed by atoms with Crippen LogP contribution in [0.3, 0.4) is 0 Å². The van der Waals surface area contributed by atoms with Crippen molar-refractivity contribution < 1.29 is 19.4 Å². The minimum Gasteiger partial charge on any atom is -0.390 e. The summed E-state index contributed by atoms with van der Waals surface area (Å²) in [5.41, 5.74) is 9.97. The minimum atomic E-state index is 0.149. The summed E-state index contributed by atoms with van der Waals surface area (Å²) in [6.45, 7) is 8.97. The first-order chi connectivity index (χ1) is 22.4. The van der Waals surface area contributed by atoms with E-state index in [1.54, 1.807) is 0 Å². The molecule has 0 spiro atoms. The number of hydrogen-bond donors (Lipinski definition) is 2. The van der Waals surface area contributed by atoms with Crippen LogP contribution in [0.1, 0.15) is 37.0 Å². The second-order valence-electron chi connectivity index (χ2n) is 11.7. The number of anilines is 2. The van der Waals surface area contributed by atoms with Crippen LogP contribution >= 0.6 is 21.6 Å². The Hall–Kier alpha value is -3.30. The van der Waals surface area contributed by atoms with Gasteiger partial charge in [0.05, 0.1) is 0 Å². The SMILES string of the molecule is C/C(=C\c1ccc(N(C)CCSSCCN(C)c2ccc(/C=C(\C)c3cc[n+](CCO)cc3)cc2)cc1)C1=CC=[N+](CCO)CC1. The topological polar surface area (TPSA) is 53.8 Å². The molecule has 0 saturated carbocycles. The van der Waals surface area contributed by atoms with Crippen LogP contribution in [0.25, 0.3) is 17.7 Å². The van der Waals surface area contributed by atoms with Crippen LogP contribution < -0.4 is 14.4 Å². The van der Waals surface area contributed by atoms with Gasteiger partial charge in [-0.15, -0.1) is 0 Å². The lowest BCUT2D eigenvalue weighted by atomic mass is 9.99. The van der Waals surface area contributed by atoms with Gasteiger partial charge in [-0.05, 0) is 71.5 Å². The number of aliphatic hydroxyl groups excluding tert-OH is 2. The van der Waals surface area contributed by atoms with Crippen LogP contribution in [-0.4, -0.2) is 86.0 Å². The third-order valence-corrected chi connectivity index (χ3v) is 10.7. The fourth-order valence-corrected chi connectivity index (χ4v) is 7.38. The van der Waals surface area contributed by atoms with E-state index in [1.165, 1.54) is 44.8 Å². The standard InChI is InChI=1S/C38H50N4O2S2/c1-31(35-13-17-41(18-14-35)21-25-43)29-33-5-9-37(10-6-33)39(3)23-27-45-46-28-24-40(4)38-11-7-34(8-12-38)30-32(2)36-15-19-42(20-16-36)22-26-44/h5-15,17-19,29-30,43-44H,16,20-28H2,1-4H3/q+2. The molecule has 46 heavy (non-hydrogen) atoms. The second-order valence-corrected chi connectivity index (χ2v) is 14.4. The van der Waals surface area contributed by atoms with Crippen LogP contribution in [0.2, 0.25) is 0 Å². The summed E-state index contributed by atoms with van der Waals surface area (Å²) in [6.07, 6.45) is 13.8. The van der Waals surface area contributed by atoms with E-state index in [-0.39, 0.29) is 13.2 Å². The molecular formula is C38H50N4O2S2+2. The van der Waals surface area contributed by atoms with E-state index in [0.29, 0.717) is 13.1 Å². The van der Waals surface area contributed by atoms with Crippen LogP contribution in [0.15, 0.2) is 90.3 Å². The summed E-state index contributed by atoms with van der Waals surface area (Å²) in [5.74, 6) is 2.15. The zero-order chi connectivity index (χ0) is 32.7. The van der Waals surface area contributed by atoms with Crippen molar-refractivity contribution in [3.8, 4) is 0 Å². The number of rotatable bonds is 17. The molecule has 2 N–H and O–H groups in total. The highest BCUT2D eigenvalue weighted by atomic mass is 33.1. The smallest absolute Gasteiger partial charge is 0.171 e. The first kappa shape index (κ1) is 35.6. The molecule has 0 atom stereocenters. The summed E-state index contributed by atoms with van der Waals surface area (Å²) < 4.78 is 4.15. The number of aromatic nitrogens is 1. The molecule has 0 saturated heterocycles. The number of hydrogen-bond acceptors (Lipinski definition) is 6. The van der Waals surface area contributed by atoms with Gasteiger partial charge in [0.15, 0.2) is 31.7 Å². The number of benzene rings is 2. The van der Waals surface area contributed by atoms with Gasteiger partial charge in [0, 0.05) is 74.7 Å². The third kappa shape index (κ3) is 11.2. The summed E-state index contributed by atoms with van der Waals surface area (Å²) in [7, 11) is 8.23. The lowest BCUT2D eigenvalue weighted by Crippen LogP contribution is -2.34. The molecule has 0 amide bonds. The molecule has 4 rings (SSSR count). The van der Waals surface area contributed by atoms with E-state index in [4.69, 9.17) is 10.2 Å². The largest absolute Gasteiger partial charge is 0.390 e. The molecule has 0 radical (unpaired) electrons. The van der Waals surface area contributed by atoms with Crippen molar-refractivity contribution in [1.82, 2.24) is 0 Å². The molecule has 0 bridgehead atoms. The van der Waals surface area contributed by atoms with Gasteiger partial charge >= 0.3 is 0 Å². The second kappa shape index (κ2) is 18.7. The zero-order valence-corrected chi connectivity index (χ0v) is 29.4. The molecule has 6 nitrogen and oxygen atoms in total. The van der Waals surface area contributed by atoms with E-state index < -0.39 is 0 Å². The molecule has 1 aliphatic heterocycles. The molecule has 244 valence electrons. The summed E-state index contributed by atoms with van der Waals surface area (Å²) >= 11 is 0. The Kier molecular flexibility index (Phi) is 14.5. The van der Waals surface area contributed by atoms with Crippen LogP contribution in [0.5, 0.6) is 0 Å². The Bertz CT molecular complexity index is 1500. The van der Waals surface area contributed by atoms with Crippen molar-refractivity contribution in [3.05, 3.63) is 107 Å². The first-order valence-corrected chi connectivity index (χ1v) is 18.6. The molecule has 0 aliphatic carbocycles. The summed E-state index contributed by atoms with van der Waals surface area (Å²) in [4.78, 5) is 4.65. The molecule has 8 heteroatoms. The lowest BCUT2D eigenvalue weighted by Gasteiger charge is -2.20. The average Bonchev–Trinajstić information content (AvgIpc) is 3.07. The Morgan fingerprint density at radius 2 is 1.26 bits per heavy atom. The van der Waals surface area contributed by atoms with E-state index in [1.807, 2.05) is 38.5 Å². The maximum atomic E-state index is 9.14. The van der Waals surface area contributed by atoms with Gasteiger partial charge in [0.25, 0.3) is 0 Å². The third-order valence-electron chi connectivity index (χ3n) is 8.29. The van der Waals surface area contributed by atoms with Crippen molar-refractivity contribution in [2.75, 3.05) is 74.8 Å². The van der Waals surface area contributed by atoms with E-state index in [2.05, 4.69) is 127 Å². The van der Waals surface area contributed by atoms with Gasteiger partial charge in [0.1, 0.15) is 19.8 Å². The van der Waals surface area contributed by atoms with Crippen LogP contribution in [-0.2, 0) is 6.54 Å². The van der Waals surface area contributed by atoms with E-state index >= 15 is 0 Å². The number of β-amino-alcohol motifs (C(OH)–C–C–N with tert-alkyl or cyclic N) is 1. The molecule has 0 fully saturated rings. The molecule has 2 aromatic carbocycles. The number of pyridine rings is 1. The first-order valence-electron chi connectivity index (χ1n) is 16.1. The van der Waals surface area contributed by atoms with Crippen LogP contribution in [0, 0.1) is 0 Å². The lowest BCUT2D eigenvalue weighted by molar-refractivity contribution is -0.698.